The van der Waals surface area contributed by atoms with Crippen molar-refractivity contribution in [2.24, 2.45) is 0 Å². The van der Waals surface area contributed by atoms with E-state index < -0.39 is 41.8 Å². The van der Waals surface area contributed by atoms with Gasteiger partial charge in [0, 0.05) is 51.2 Å². The molecule has 2 aromatic carbocycles. The second kappa shape index (κ2) is 14.8. The van der Waals surface area contributed by atoms with Gasteiger partial charge in [0.05, 0.1) is 17.1 Å². The Morgan fingerprint density at radius 1 is 1.24 bits per heavy atom. The van der Waals surface area contributed by atoms with E-state index >= 15 is 0 Å². The molecule has 4 N–H and O–H groups in total. The number of nitrogens with one attached hydrogen (secondary N) is 4. The van der Waals surface area contributed by atoms with Gasteiger partial charge in [-0.1, -0.05) is 41.0 Å². The quantitative estimate of drug-likeness (QED) is 0.180. The standard InChI is InChI=1S/C28H31ClF2N6O5/c1-17(39)37(34-15-19-6-3-8-21(31)26(19)29)24(9-4-12-38)27(23-16-32-10-11-33-23)41-28(40)35-25-14-22(36-42-25)18-5-2-7-20(30)13-18/h2-3,5-8,12-14,23-24,27,32-34H,4,9-11,15-16H2,1H3,(H,35,40)/t23?,24-,27?/m0/s1. The van der Waals surface area contributed by atoms with Crippen LogP contribution >= 0.6 is 11.6 Å². The van der Waals surface area contributed by atoms with Crippen LogP contribution in [0.4, 0.5) is 19.5 Å². The number of ether oxygens (including phenoxy) is 1. The van der Waals surface area contributed by atoms with Crippen molar-refractivity contribution < 1.29 is 32.4 Å². The van der Waals surface area contributed by atoms with Crippen LogP contribution in [0.15, 0.2) is 53.1 Å². The van der Waals surface area contributed by atoms with Gasteiger partial charge in [0.25, 0.3) is 0 Å². The molecule has 1 aliphatic heterocycles. The van der Waals surface area contributed by atoms with Gasteiger partial charge in [-0.05, 0) is 30.2 Å². The zero-order valence-corrected chi connectivity index (χ0v) is 23.5. The summed E-state index contributed by atoms with van der Waals surface area (Å²) in [5.41, 5.74) is 4.13. The number of carbonyl (C=O) groups is 3. The number of hydrogen-bond acceptors (Lipinski definition) is 9. The van der Waals surface area contributed by atoms with E-state index in [2.05, 4.69) is 26.5 Å². The monoisotopic (exact) mass is 604 g/mol. The minimum atomic E-state index is -0.956. The Kier molecular flexibility index (Phi) is 11.0. The number of aromatic nitrogens is 1. The molecule has 0 aliphatic carbocycles. The molecular weight excluding hydrogens is 574 g/mol. The average Bonchev–Trinajstić information content (AvgIpc) is 3.44. The maximum absolute atomic E-state index is 14.0. The molecule has 3 aromatic rings. The second-order valence-corrected chi connectivity index (χ2v) is 9.97. The Morgan fingerprint density at radius 3 is 2.76 bits per heavy atom. The van der Waals surface area contributed by atoms with E-state index in [1.54, 1.807) is 12.1 Å². The summed E-state index contributed by atoms with van der Waals surface area (Å²) in [6.45, 7) is 2.97. The summed E-state index contributed by atoms with van der Waals surface area (Å²) in [6.07, 6.45) is -0.932. The van der Waals surface area contributed by atoms with Crippen LogP contribution < -0.4 is 21.4 Å². The van der Waals surface area contributed by atoms with Gasteiger partial charge in [-0.3, -0.25) is 15.1 Å². The Balaban J connectivity index is 1.55. The van der Waals surface area contributed by atoms with Crippen LogP contribution in [-0.2, 0) is 20.9 Å². The van der Waals surface area contributed by atoms with Crippen molar-refractivity contribution in [3.63, 3.8) is 0 Å². The Hall–Kier alpha value is -3.91. The van der Waals surface area contributed by atoms with Crippen LogP contribution in [0, 0.1) is 11.6 Å². The molecular formula is C28H31ClF2N6O5. The highest BCUT2D eigenvalue weighted by Crippen LogP contribution is 2.24. The normalized spacial score (nSPS) is 16.3. The van der Waals surface area contributed by atoms with E-state index in [0.29, 0.717) is 42.7 Å². The predicted octanol–water partition coefficient (Wildman–Crippen LogP) is 3.65. The minimum absolute atomic E-state index is 0.00997. The van der Waals surface area contributed by atoms with Gasteiger partial charge in [0.1, 0.15) is 29.7 Å². The molecule has 11 nitrogen and oxygen atoms in total. The maximum Gasteiger partial charge on any atom is 0.414 e. The zero-order valence-electron chi connectivity index (χ0n) is 22.7. The molecule has 2 heterocycles. The van der Waals surface area contributed by atoms with Gasteiger partial charge < -0.3 is 24.7 Å². The molecule has 42 heavy (non-hydrogen) atoms. The molecule has 1 saturated heterocycles. The third-order valence-corrected chi connectivity index (χ3v) is 7.09. The fraction of sp³-hybridized carbons (Fsp3) is 0.357. The molecule has 3 atom stereocenters. The number of hydrazine groups is 1. The minimum Gasteiger partial charge on any atom is -0.442 e. The largest absolute Gasteiger partial charge is 0.442 e. The summed E-state index contributed by atoms with van der Waals surface area (Å²) in [5.74, 6) is -1.53. The first-order valence-electron chi connectivity index (χ1n) is 13.3. The second-order valence-electron chi connectivity index (χ2n) is 9.59. The van der Waals surface area contributed by atoms with Crippen LogP contribution in [0.1, 0.15) is 25.3 Å². The Bertz CT molecular complexity index is 1390. The van der Waals surface area contributed by atoms with E-state index in [1.807, 2.05) is 0 Å². The third kappa shape index (κ3) is 8.10. The summed E-state index contributed by atoms with van der Waals surface area (Å²) < 4.78 is 38.7. The number of nitrogens with zero attached hydrogens (tertiary/aromatic N) is 2. The van der Waals surface area contributed by atoms with Crippen molar-refractivity contribution >= 4 is 35.8 Å². The lowest BCUT2D eigenvalue weighted by atomic mass is 9.96. The predicted molar refractivity (Wildman–Crippen MR) is 150 cm³/mol. The lowest BCUT2D eigenvalue weighted by molar-refractivity contribution is -0.140. The average molecular weight is 605 g/mol. The number of rotatable bonds is 12. The van der Waals surface area contributed by atoms with Gasteiger partial charge in [-0.25, -0.2) is 19.0 Å². The van der Waals surface area contributed by atoms with Crippen molar-refractivity contribution in [3.05, 3.63) is 70.8 Å². The number of piperazine rings is 1. The topological polar surface area (TPSA) is 138 Å². The molecule has 0 spiro atoms. The number of hydrogen-bond donors (Lipinski definition) is 4. The van der Waals surface area contributed by atoms with Crippen molar-refractivity contribution in [3.8, 4) is 11.3 Å². The lowest BCUT2D eigenvalue weighted by Crippen LogP contribution is -2.63. The molecule has 0 radical (unpaired) electrons. The SMILES string of the molecule is CC(=O)N(NCc1cccc(F)c1Cl)[C@@H](CCC=O)C(OC(=O)Nc1cc(-c2cccc(F)c2)no1)C1CNCCN1. The van der Waals surface area contributed by atoms with Crippen LogP contribution in [0.5, 0.6) is 0 Å². The van der Waals surface area contributed by atoms with Crippen LogP contribution in [0.2, 0.25) is 5.02 Å². The molecule has 2 unspecified atom stereocenters. The highest BCUT2D eigenvalue weighted by Gasteiger charge is 2.38. The first kappa shape index (κ1) is 31.0. The number of halogens is 3. The molecule has 1 aliphatic rings. The lowest BCUT2D eigenvalue weighted by Gasteiger charge is -2.41. The van der Waals surface area contributed by atoms with Gasteiger partial charge >= 0.3 is 6.09 Å². The third-order valence-electron chi connectivity index (χ3n) is 6.67. The zero-order chi connectivity index (χ0) is 30.1. The molecule has 1 fully saturated rings. The molecule has 0 bridgehead atoms. The molecule has 224 valence electrons. The molecule has 1 aromatic heterocycles. The highest BCUT2D eigenvalue weighted by atomic mass is 35.5. The fourth-order valence-electron chi connectivity index (χ4n) is 4.70. The number of benzene rings is 2. The van der Waals surface area contributed by atoms with Crippen LogP contribution in [0.3, 0.4) is 0 Å². The summed E-state index contributed by atoms with van der Waals surface area (Å²) in [7, 11) is 0. The Labute approximate surface area is 245 Å². The van der Waals surface area contributed by atoms with Crippen molar-refractivity contribution in [1.29, 1.82) is 0 Å². The summed E-state index contributed by atoms with van der Waals surface area (Å²) >= 11 is 6.10. The number of amides is 2. The first-order valence-corrected chi connectivity index (χ1v) is 13.7. The molecule has 14 heteroatoms. The molecule has 0 saturated carbocycles. The van der Waals surface area contributed by atoms with Crippen molar-refractivity contribution in [2.75, 3.05) is 25.0 Å². The van der Waals surface area contributed by atoms with E-state index in [9.17, 15) is 23.2 Å². The van der Waals surface area contributed by atoms with E-state index in [4.69, 9.17) is 20.9 Å². The van der Waals surface area contributed by atoms with E-state index in [1.165, 1.54) is 48.3 Å². The van der Waals surface area contributed by atoms with Crippen molar-refractivity contribution in [2.45, 2.75) is 44.5 Å². The summed E-state index contributed by atoms with van der Waals surface area (Å²) in [4.78, 5) is 37.4. The molecule has 2 amide bonds. The van der Waals surface area contributed by atoms with Crippen molar-refractivity contribution in [1.82, 2.24) is 26.2 Å². The number of aldehydes is 1. The van der Waals surface area contributed by atoms with Gasteiger partial charge in [-0.2, -0.15) is 0 Å². The number of anilines is 1. The summed E-state index contributed by atoms with van der Waals surface area (Å²) in [5, 5.41) is 14.1. The van der Waals surface area contributed by atoms with E-state index in [-0.39, 0.29) is 30.3 Å². The van der Waals surface area contributed by atoms with Crippen LogP contribution in [-0.4, -0.2) is 66.3 Å². The highest BCUT2D eigenvalue weighted by molar-refractivity contribution is 6.31. The summed E-state index contributed by atoms with van der Waals surface area (Å²) in [6, 6.07) is 10.2. The maximum atomic E-state index is 14.0. The number of carbonyl (C=O) groups excluding carboxylic acids is 3. The van der Waals surface area contributed by atoms with Gasteiger partial charge in [0.15, 0.2) is 0 Å². The Morgan fingerprint density at radius 2 is 2.05 bits per heavy atom. The molecule has 4 rings (SSSR count). The first-order chi connectivity index (χ1) is 20.3. The van der Waals surface area contributed by atoms with Gasteiger partial charge in [-0.15, -0.1) is 0 Å². The van der Waals surface area contributed by atoms with E-state index in [0.717, 1.165) is 0 Å². The van der Waals surface area contributed by atoms with Crippen LogP contribution in [0.25, 0.3) is 11.3 Å². The van der Waals surface area contributed by atoms with Gasteiger partial charge in [0.2, 0.25) is 11.8 Å². The smallest absolute Gasteiger partial charge is 0.414 e. The fourth-order valence-corrected chi connectivity index (χ4v) is 4.90.